The number of nitrogens with one attached hydrogen (secondary N) is 1. The van der Waals surface area contributed by atoms with E-state index in [0.29, 0.717) is 0 Å². The summed E-state index contributed by atoms with van der Waals surface area (Å²) >= 11 is 0. The second-order valence-electron chi connectivity index (χ2n) is 4.24. The molecule has 3 N–H and O–H groups in total. The second-order valence-corrected chi connectivity index (χ2v) is 5.92. The van der Waals surface area contributed by atoms with Crippen LogP contribution in [0.15, 0.2) is 23.1 Å². The van der Waals surface area contributed by atoms with Gasteiger partial charge in [-0.3, -0.25) is 0 Å². The molecule has 0 amide bonds. The molecule has 1 aromatic carbocycles. The summed E-state index contributed by atoms with van der Waals surface area (Å²) in [5.74, 6) is 0. The molecule has 0 bridgehead atoms. The molecule has 0 aliphatic rings. The van der Waals surface area contributed by atoms with Gasteiger partial charge in [-0.15, -0.1) is 0 Å². The summed E-state index contributed by atoms with van der Waals surface area (Å²) in [5, 5.41) is 0. The number of aryl methyl sites for hydroxylation is 1. The second kappa shape index (κ2) is 5.48. The van der Waals surface area contributed by atoms with Gasteiger partial charge in [0, 0.05) is 12.6 Å². The van der Waals surface area contributed by atoms with Crippen molar-refractivity contribution in [2.24, 2.45) is 5.73 Å². The lowest BCUT2D eigenvalue weighted by atomic mass is 10.1. The molecule has 1 aromatic rings. The Morgan fingerprint density at radius 3 is 2.37 bits per heavy atom. The summed E-state index contributed by atoms with van der Waals surface area (Å²) in [6.07, 6.45) is -4.50. The normalized spacial score (nSPS) is 14.4. The fraction of sp³-hybridized carbons (Fsp3) is 0.455. The highest BCUT2D eigenvalue weighted by molar-refractivity contribution is 7.89. The fourth-order valence-corrected chi connectivity index (χ4v) is 2.99. The van der Waals surface area contributed by atoms with Gasteiger partial charge in [0.1, 0.15) is 0 Å². The van der Waals surface area contributed by atoms with Crippen LogP contribution >= 0.6 is 0 Å². The van der Waals surface area contributed by atoms with Gasteiger partial charge in [-0.2, -0.15) is 13.2 Å². The maximum atomic E-state index is 12.5. The van der Waals surface area contributed by atoms with E-state index >= 15 is 0 Å². The molecule has 0 saturated carbocycles. The first-order valence-electron chi connectivity index (χ1n) is 5.48. The fourth-order valence-electron chi connectivity index (χ4n) is 1.50. The van der Waals surface area contributed by atoms with Crippen LogP contribution < -0.4 is 10.5 Å². The van der Waals surface area contributed by atoms with Crippen molar-refractivity contribution in [3.8, 4) is 0 Å². The average molecular weight is 296 g/mol. The van der Waals surface area contributed by atoms with E-state index in [0.717, 1.165) is 18.2 Å². The van der Waals surface area contributed by atoms with Gasteiger partial charge in [0.15, 0.2) is 0 Å². The molecule has 0 saturated heterocycles. The van der Waals surface area contributed by atoms with Gasteiger partial charge in [0.25, 0.3) is 0 Å². The lowest BCUT2D eigenvalue weighted by Gasteiger charge is -2.15. The van der Waals surface area contributed by atoms with Crippen molar-refractivity contribution in [1.29, 1.82) is 0 Å². The molecular weight excluding hydrogens is 281 g/mol. The maximum Gasteiger partial charge on any atom is 0.416 e. The van der Waals surface area contributed by atoms with Crippen molar-refractivity contribution in [3.05, 3.63) is 29.3 Å². The van der Waals surface area contributed by atoms with Gasteiger partial charge in [-0.25, -0.2) is 13.1 Å². The molecule has 0 aromatic heterocycles. The average Bonchev–Trinajstić information content (AvgIpc) is 2.26. The summed E-state index contributed by atoms with van der Waals surface area (Å²) in [6.45, 7) is 2.98. The molecule has 0 heterocycles. The van der Waals surface area contributed by atoms with Crippen molar-refractivity contribution in [3.63, 3.8) is 0 Å². The Bertz CT molecular complexity index is 556. The Balaban J connectivity index is 3.16. The first-order chi connectivity index (χ1) is 8.58. The van der Waals surface area contributed by atoms with E-state index in [-0.39, 0.29) is 17.0 Å². The zero-order valence-corrected chi connectivity index (χ0v) is 11.3. The van der Waals surface area contributed by atoms with Crippen LogP contribution in [0.25, 0.3) is 0 Å². The van der Waals surface area contributed by atoms with Crippen LogP contribution in [-0.2, 0) is 16.2 Å². The molecule has 0 unspecified atom stereocenters. The minimum atomic E-state index is -4.50. The van der Waals surface area contributed by atoms with Gasteiger partial charge in [-0.1, -0.05) is 0 Å². The highest BCUT2D eigenvalue weighted by Gasteiger charge is 2.31. The predicted molar refractivity (Wildman–Crippen MR) is 65.0 cm³/mol. The molecule has 8 heteroatoms. The smallest absolute Gasteiger partial charge is 0.329 e. The highest BCUT2D eigenvalue weighted by Crippen LogP contribution is 2.31. The first kappa shape index (κ1) is 15.9. The van der Waals surface area contributed by atoms with Crippen LogP contribution in [0.1, 0.15) is 18.1 Å². The van der Waals surface area contributed by atoms with Crippen LogP contribution in [0.2, 0.25) is 0 Å². The van der Waals surface area contributed by atoms with Crippen molar-refractivity contribution in [1.82, 2.24) is 4.72 Å². The molecule has 0 radical (unpaired) electrons. The van der Waals surface area contributed by atoms with Crippen molar-refractivity contribution in [2.45, 2.75) is 31.0 Å². The number of alkyl halides is 3. The van der Waals surface area contributed by atoms with E-state index in [4.69, 9.17) is 5.73 Å². The standard InChI is InChI=1S/C11H15F3N2O2S/c1-7-5-9(11(12,13)14)3-4-10(7)19(17,18)16-8(2)6-15/h3-5,8,16H,6,15H2,1-2H3/t8-/m0/s1. The van der Waals surface area contributed by atoms with E-state index in [1.165, 1.54) is 6.92 Å². The van der Waals surface area contributed by atoms with Crippen LogP contribution in [0.5, 0.6) is 0 Å². The minimum Gasteiger partial charge on any atom is -0.329 e. The third-order valence-corrected chi connectivity index (χ3v) is 4.25. The maximum absolute atomic E-state index is 12.5. The molecule has 108 valence electrons. The van der Waals surface area contributed by atoms with Crippen LogP contribution in [0.3, 0.4) is 0 Å². The van der Waals surface area contributed by atoms with Crippen molar-refractivity contribution in [2.75, 3.05) is 6.54 Å². The molecule has 0 aliphatic carbocycles. The number of benzene rings is 1. The number of hydrogen-bond donors (Lipinski definition) is 2. The van der Waals surface area contributed by atoms with Crippen LogP contribution in [-0.4, -0.2) is 21.0 Å². The third kappa shape index (κ3) is 3.92. The largest absolute Gasteiger partial charge is 0.416 e. The Kier molecular flexibility index (Phi) is 4.59. The number of nitrogens with two attached hydrogens (primary N) is 1. The lowest BCUT2D eigenvalue weighted by Crippen LogP contribution is -2.38. The summed E-state index contributed by atoms with van der Waals surface area (Å²) in [4.78, 5) is -0.180. The molecular formula is C11H15F3N2O2S. The van der Waals surface area contributed by atoms with E-state index in [1.807, 2.05) is 0 Å². The molecule has 0 spiro atoms. The van der Waals surface area contributed by atoms with Crippen molar-refractivity contribution >= 4 is 10.0 Å². The quantitative estimate of drug-likeness (QED) is 0.887. The van der Waals surface area contributed by atoms with Gasteiger partial charge in [0.05, 0.1) is 10.5 Å². The minimum absolute atomic E-state index is 0.0338. The zero-order valence-electron chi connectivity index (χ0n) is 10.5. The third-order valence-electron chi connectivity index (χ3n) is 2.50. The number of hydrogen-bond acceptors (Lipinski definition) is 3. The van der Waals surface area contributed by atoms with Crippen LogP contribution in [0.4, 0.5) is 13.2 Å². The SMILES string of the molecule is Cc1cc(C(F)(F)F)ccc1S(=O)(=O)N[C@@H](C)CN. The predicted octanol–water partition coefficient (Wildman–Crippen LogP) is 1.64. The summed E-state index contributed by atoms with van der Waals surface area (Å²) in [5.41, 5.74) is 4.46. The Morgan fingerprint density at radius 2 is 1.95 bits per heavy atom. The molecule has 1 rings (SSSR count). The van der Waals surface area contributed by atoms with E-state index in [2.05, 4.69) is 4.72 Å². The molecule has 19 heavy (non-hydrogen) atoms. The number of sulfonamides is 1. The van der Waals surface area contributed by atoms with Crippen LogP contribution in [0, 0.1) is 6.92 Å². The Morgan fingerprint density at radius 1 is 1.37 bits per heavy atom. The van der Waals surface area contributed by atoms with E-state index in [1.54, 1.807) is 6.92 Å². The first-order valence-corrected chi connectivity index (χ1v) is 6.96. The van der Waals surface area contributed by atoms with Gasteiger partial charge < -0.3 is 5.73 Å². The van der Waals surface area contributed by atoms with Gasteiger partial charge in [-0.05, 0) is 37.6 Å². The molecule has 1 atom stereocenters. The Hall–Kier alpha value is -1.12. The summed E-state index contributed by atoms with van der Waals surface area (Å²) in [6, 6.07) is 2.01. The molecule has 4 nitrogen and oxygen atoms in total. The van der Waals surface area contributed by atoms with E-state index < -0.39 is 27.8 Å². The number of rotatable bonds is 4. The molecule has 0 aliphatic heterocycles. The van der Waals surface area contributed by atoms with Crippen molar-refractivity contribution < 1.29 is 21.6 Å². The zero-order chi connectivity index (χ0) is 14.8. The highest BCUT2D eigenvalue weighted by atomic mass is 32.2. The van der Waals surface area contributed by atoms with Gasteiger partial charge >= 0.3 is 6.18 Å². The summed E-state index contributed by atoms with van der Waals surface area (Å²) < 4.78 is 63.6. The van der Waals surface area contributed by atoms with Gasteiger partial charge in [0.2, 0.25) is 10.0 Å². The topological polar surface area (TPSA) is 72.2 Å². The number of halogens is 3. The lowest BCUT2D eigenvalue weighted by molar-refractivity contribution is -0.137. The Labute approximate surface area is 109 Å². The molecule has 0 fully saturated rings. The van der Waals surface area contributed by atoms with E-state index in [9.17, 15) is 21.6 Å². The monoisotopic (exact) mass is 296 g/mol. The summed E-state index contributed by atoms with van der Waals surface area (Å²) in [7, 11) is -3.86.